The summed E-state index contributed by atoms with van der Waals surface area (Å²) in [5.74, 6) is 0.536. The molecule has 1 unspecified atom stereocenters. The largest absolute Gasteiger partial charge is 0.511 e. The second-order valence-corrected chi connectivity index (χ2v) is 2.92. The third-order valence-corrected chi connectivity index (χ3v) is 2.16. The van der Waals surface area contributed by atoms with E-state index >= 15 is 0 Å². The Labute approximate surface area is 60.3 Å². The molecule has 0 amide bonds. The van der Waals surface area contributed by atoms with Crippen molar-refractivity contribution in [2.24, 2.45) is 0 Å². The Balaban J connectivity index is 2.06. The fourth-order valence-electron chi connectivity index (χ4n) is 1.62. The van der Waals surface area contributed by atoms with Crippen molar-refractivity contribution in [1.29, 1.82) is 0 Å². The minimum atomic E-state index is 0.522. The molecule has 0 radical (unpaired) electrons. The molecule has 56 valence electrons. The van der Waals surface area contributed by atoms with Crippen LogP contribution in [-0.4, -0.2) is 35.7 Å². The molecule has 3 nitrogen and oxygen atoms in total. The van der Waals surface area contributed by atoms with Crippen molar-refractivity contribution in [3.8, 4) is 0 Å². The topological polar surface area (TPSA) is 35.5 Å². The monoisotopic (exact) mass is 140 g/mol. The molecule has 10 heavy (non-hydrogen) atoms. The highest BCUT2D eigenvalue weighted by Crippen LogP contribution is 2.19. The maximum atomic E-state index is 9.15. The third kappa shape index (κ3) is 0.865. The molecule has 2 rings (SSSR count). The third-order valence-electron chi connectivity index (χ3n) is 2.16. The average Bonchev–Trinajstić information content (AvgIpc) is 2.27. The van der Waals surface area contributed by atoms with Gasteiger partial charge in [0.05, 0.1) is 0 Å². The Morgan fingerprint density at radius 3 is 3.40 bits per heavy atom. The second kappa shape index (κ2) is 2.16. The van der Waals surface area contributed by atoms with Gasteiger partial charge in [-0.1, -0.05) is 0 Å². The van der Waals surface area contributed by atoms with E-state index in [4.69, 9.17) is 5.11 Å². The van der Waals surface area contributed by atoms with Gasteiger partial charge in [-0.2, -0.15) is 0 Å². The smallest absolute Gasteiger partial charge is 0.110 e. The molecule has 0 aromatic rings. The van der Waals surface area contributed by atoms with E-state index in [0.29, 0.717) is 11.8 Å². The van der Waals surface area contributed by atoms with Crippen LogP contribution in [0.5, 0.6) is 0 Å². The van der Waals surface area contributed by atoms with Crippen molar-refractivity contribution < 1.29 is 5.11 Å². The van der Waals surface area contributed by atoms with E-state index in [1.165, 1.54) is 0 Å². The van der Waals surface area contributed by atoms with Crippen molar-refractivity contribution in [2.45, 2.75) is 12.5 Å². The molecule has 2 aliphatic heterocycles. The number of rotatable bonds is 0. The van der Waals surface area contributed by atoms with E-state index < -0.39 is 0 Å². The van der Waals surface area contributed by atoms with E-state index in [1.807, 2.05) is 6.20 Å². The fourth-order valence-corrected chi connectivity index (χ4v) is 1.62. The molecule has 0 aliphatic carbocycles. The molecule has 0 bridgehead atoms. The number of aliphatic hydroxyl groups excluding tert-OH is 1. The first-order valence-corrected chi connectivity index (χ1v) is 3.72. The molecule has 0 aromatic heterocycles. The normalized spacial score (nSPS) is 31.8. The Bertz CT molecular complexity index is 167. The van der Waals surface area contributed by atoms with Crippen molar-refractivity contribution in [1.82, 2.24) is 10.2 Å². The van der Waals surface area contributed by atoms with E-state index in [-0.39, 0.29) is 0 Å². The number of fused-ring (bicyclic) bond motifs is 1. The van der Waals surface area contributed by atoms with E-state index in [2.05, 4.69) is 10.2 Å². The molecular formula is C7H12N2O. The lowest BCUT2D eigenvalue weighted by Crippen LogP contribution is -2.46. The van der Waals surface area contributed by atoms with Crippen LogP contribution in [0.1, 0.15) is 6.42 Å². The lowest BCUT2D eigenvalue weighted by atomic mass is 10.2. The molecule has 2 N–H and O–H groups in total. The van der Waals surface area contributed by atoms with Crippen LogP contribution in [0.4, 0.5) is 0 Å². The number of aliphatic hydroxyl groups is 1. The van der Waals surface area contributed by atoms with Gasteiger partial charge in [-0.15, -0.1) is 0 Å². The number of hydrogen-bond donors (Lipinski definition) is 2. The minimum absolute atomic E-state index is 0.522. The Morgan fingerprint density at radius 2 is 2.60 bits per heavy atom. The molecule has 0 aromatic carbocycles. The first kappa shape index (κ1) is 6.04. The maximum Gasteiger partial charge on any atom is 0.110 e. The van der Waals surface area contributed by atoms with Gasteiger partial charge in [0, 0.05) is 38.3 Å². The van der Waals surface area contributed by atoms with Crippen LogP contribution >= 0.6 is 0 Å². The molecule has 3 heteroatoms. The minimum Gasteiger partial charge on any atom is -0.511 e. The van der Waals surface area contributed by atoms with Crippen molar-refractivity contribution in [3.05, 3.63) is 12.0 Å². The highest BCUT2D eigenvalue weighted by Gasteiger charge is 2.25. The summed E-state index contributed by atoms with van der Waals surface area (Å²) >= 11 is 0. The van der Waals surface area contributed by atoms with Gasteiger partial charge in [0.1, 0.15) is 5.76 Å². The Hall–Kier alpha value is -0.700. The van der Waals surface area contributed by atoms with Gasteiger partial charge in [-0.25, -0.2) is 0 Å². The summed E-state index contributed by atoms with van der Waals surface area (Å²) in [5.41, 5.74) is 0. The van der Waals surface area contributed by atoms with Crippen LogP contribution in [-0.2, 0) is 0 Å². The summed E-state index contributed by atoms with van der Waals surface area (Å²) in [6.45, 7) is 3.09. The standard InChI is InChI=1S/C7H12N2O/c10-7-3-6-4-8-1-2-9(6)5-7/h5-6,8,10H,1-4H2. The fraction of sp³-hybridized carbons (Fsp3) is 0.714. The average molecular weight is 140 g/mol. The van der Waals surface area contributed by atoms with Gasteiger partial charge in [-0.05, 0) is 0 Å². The van der Waals surface area contributed by atoms with Gasteiger partial charge < -0.3 is 15.3 Å². The number of nitrogens with one attached hydrogen (secondary N) is 1. The second-order valence-electron chi connectivity index (χ2n) is 2.92. The van der Waals surface area contributed by atoms with E-state index in [0.717, 1.165) is 26.1 Å². The molecule has 1 fully saturated rings. The quantitative estimate of drug-likeness (QED) is 0.499. The molecule has 1 saturated heterocycles. The molecule has 0 saturated carbocycles. The first-order chi connectivity index (χ1) is 4.86. The summed E-state index contributed by atoms with van der Waals surface area (Å²) in [4.78, 5) is 2.21. The Kier molecular flexibility index (Phi) is 1.31. The predicted octanol–water partition coefficient (Wildman–Crippen LogP) is 0.0633. The SMILES string of the molecule is OC1=CN2CCNCC2C1. The number of piperazine rings is 1. The summed E-state index contributed by atoms with van der Waals surface area (Å²) in [6.07, 6.45) is 2.69. The van der Waals surface area contributed by atoms with Gasteiger partial charge in [0.15, 0.2) is 0 Å². The molecule has 0 spiro atoms. The van der Waals surface area contributed by atoms with Crippen LogP contribution in [0.15, 0.2) is 12.0 Å². The van der Waals surface area contributed by atoms with Gasteiger partial charge >= 0.3 is 0 Å². The van der Waals surface area contributed by atoms with Gasteiger partial charge in [0.2, 0.25) is 0 Å². The zero-order valence-electron chi connectivity index (χ0n) is 5.88. The lowest BCUT2D eigenvalue weighted by molar-refractivity contribution is 0.246. The van der Waals surface area contributed by atoms with Crippen molar-refractivity contribution in [3.63, 3.8) is 0 Å². The summed E-state index contributed by atoms with van der Waals surface area (Å²) in [5, 5.41) is 12.4. The van der Waals surface area contributed by atoms with Crippen molar-refractivity contribution in [2.75, 3.05) is 19.6 Å². The van der Waals surface area contributed by atoms with Crippen LogP contribution in [0.3, 0.4) is 0 Å². The molecule has 1 atom stereocenters. The van der Waals surface area contributed by atoms with Crippen LogP contribution in [0.2, 0.25) is 0 Å². The zero-order valence-corrected chi connectivity index (χ0v) is 5.88. The first-order valence-electron chi connectivity index (χ1n) is 3.72. The maximum absolute atomic E-state index is 9.15. The van der Waals surface area contributed by atoms with Gasteiger partial charge in [0.25, 0.3) is 0 Å². The predicted molar refractivity (Wildman–Crippen MR) is 38.7 cm³/mol. The van der Waals surface area contributed by atoms with Gasteiger partial charge in [-0.3, -0.25) is 0 Å². The van der Waals surface area contributed by atoms with E-state index in [9.17, 15) is 0 Å². The Morgan fingerprint density at radius 1 is 1.70 bits per heavy atom. The number of nitrogens with zero attached hydrogens (tertiary/aromatic N) is 1. The molecule has 2 heterocycles. The summed E-state index contributed by atoms with van der Waals surface area (Å²) in [6, 6.07) is 0.522. The zero-order chi connectivity index (χ0) is 6.97. The van der Waals surface area contributed by atoms with Crippen LogP contribution < -0.4 is 5.32 Å². The molecule has 2 aliphatic rings. The van der Waals surface area contributed by atoms with Crippen LogP contribution in [0, 0.1) is 0 Å². The number of hydrogen-bond acceptors (Lipinski definition) is 3. The summed E-state index contributed by atoms with van der Waals surface area (Å²) in [7, 11) is 0. The summed E-state index contributed by atoms with van der Waals surface area (Å²) < 4.78 is 0. The van der Waals surface area contributed by atoms with E-state index in [1.54, 1.807) is 0 Å². The molecular weight excluding hydrogens is 128 g/mol. The van der Waals surface area contributed by atoms with Crippen LogP contribution in [0.25, 0.3) is 0 Å². The highest BCUT2D eigenvalue weighted by atomic mass is 16.3. The highest BCUT2D eigenvalue weighted by molar-refractivity contribution is 5.06. The lowest BCUT2D eigenvalue weighted by Gasteiger charge is -2.30. The van der Waals surface area contributed by atoms with Crippen molar-refractivity contribution >= 4 is 0 Å².